The molecule has 0 aliphatic carbocycles. The lowest BCUT2D eigenvalue weighted by atomic mass is 9.95. The van der Waals surface area contributed by atoms with E-state index in [4.69, 9.17) is 4.74 Å². The summed E-state index contributed by atoms with van der Waals surface area (Å²) in [6, 6.07) is 10.8. The van der Waals surface area contributed by atoms with E-state index >= 15 is 0 Å². The lowest BCUT2D eigenvalue weighted by Crippen LogP contribution is -2.09. The molecule has 0 unspecified atom stereocenters. The van der Waals surface area contributed by atoms with Gasteiger partial charge in [-0.25, -0.2) is 0 Å². The minimum atomic E-state index is 0.508. The number of benzene rings is 2. The number of rotatable bonds is 5. The summed E-state index contributed by atoms with van der Waals surface area (Å²) in [5, 5.41) is 3.51. The normalized spacial score (nSPS) is 17.3. The minimum absolute atomic E-state index is 0.508. The maximum atomic E-state index is 6.04. The summed E-state index contributed by atoms with van der Waals surface area (Å²) in [6.45, 7) is 3.96. The molecule has 1 aliphatic rings. The van der Waals surface area contributed by atoms with E-state index in [9.17, 15) is 0 Å². The lowest BCUT2D eigenvalue weighted by Gasteiger charge is -2.15. The molecule has 0 radical (unpaired) electrons. The van der Waals surface area contributed by atoms with E-state index in [1.807, 2.05) is 0 Å². The minimum Gasteiger partial charge on any atom is -0.493 e. The van der Waals surface area contributed by atoms with Crippen molar-refractivity contribution in [1.82, 2.24) is 0 Å². The fourth-order valence-electron chi connectivity index (χ4n) is 2.94. The first-order chi connectivity index (χ1) is 10.3. The third-order valence-corrected chi connectivity index (χ3v) is 5.47. The molecule has 0 N–H and O–H groups in total. The van der Waals surface area contributed by atoms with Crippen LogP contribution >= 0.6 is 32.1 Å². The molecule has 112 valence electrons. The number of halogens is 2. The van der Waals surface area contributed by atoms with Crippen LogP contribution < -0.4 is 8.66 Å². The second-order valence-electron chi connectivity index (χ2n) is 5.45. The van der Waals surface area contributed by atoms with E-state index < -0.39 is 0 Å². The molecule has 0 saturated carbocycles. The molecule has 2 aromatic carbocycles. The van der Waals surface area contributed by atoms with Gasteiger partial charge < -0.3 is 8.66 Å². The van der Waals surface area contributed by atoms with Crippen molar-refractivity contribution in [3.63, 3.8) is 0 Å². The van der Waals surface area contributed by atoms with Gasteiger partial charge in [0.05, 0.1) is 12.3 Å². The number of alkyl halides is 1. The molecule has 3 rings (SSSR count). The van der Waals surface area contributed by atoms with Gasteiger partial charge in [0, 0.05) is 45.4 Å². The standard InChI is InChI=1S/C17H19Br2NO/c1-2-3-8-21-16-9-15-17(12(10-18)11-20(15)19)14-7-5-4-6-13(14)16/h4-7,9,12H,2-3,8,10-11H2,1H3/t12-/m1/s1. The molecular formula is C17H19Br2NO. The van der Waals surface area contributed by atoms with E-state index in [2.05, 4.69) is 73.3 Å². The number of nitrogens with zero attached hydrogens (tertiary/aromatic N) is 1. The summed E-state index contributed by atoms with van der Waals surface area (Å²) in [5.41, 5.74) is 2.66. The Bertz CT molecular complexity index is 644. The van der Waals surface area contributed by atoms with Crippen molar-refractivity contribution in [2.24, 2.45) is 0 Å². The zero-order valence-electron chi connectivity index (χ0n) is 12.1. The molecular weight excluding hydrogens is 394 g/mol. The van der Waals surface area contributed by atoms with Crippen LogP contribution in [0.3, 0.4) is 0 Å². The lowest BCUT2D eigenvalue weighted by molar-refractivity contribution is 0.313. The maximum Gasteiger partial charge on any atom is 0.129 e. The summed E-state index contributed by atoms with van der Waals surface area (Å²) >= 11 is 7.33. The van der Waals surface area contributed by atoms with Gasteiger partial charge in [0.2, 0.25) is 0 Å². The average molecular weight is 413 g/mol. The zero-order valence-corrected chi connectivity index (χ0v) is 15.3. The van der Waals surface area contributed by atoms with Crippen LogP contribution in [-0.2, 0) is 0 Å². The van der Waals surface area contributed by atoms with Crippen molar-refractivity contribution in [1.29, 1.82) is 0 Å². The maximum absolute atomic E-state index is 6.04. The Morgan fingerprint density at radius 1 is 1.29 bits per heavy atom. The fourth-order valence-corrected chi connectivity index (χ4v) is 4.11. The van der Waals surface area contributed by atoms with Crippen LogP contribution in [-0.4, -0.2) is 18.5 Å². The van der Waals surface area contributed by atoms with Crippen molar-refractivity contribution < 1.29 is 4.74 Å². The van der Waals surface area contributed by atoms with Crippen LogP contribution in [0.15, 0.2) is 30.3 Å². The molecule has 0 bridgehead atoms. The molecule has 2 aromatic rings. The zero-order chi connectivity index (χ0) is 14.8. The quantitative estimate of drug-likeness (QED) is 0.358. The topological polar surface area (TPSA) is 12.5 Å². The Kier molecular flexibility index (Phi) is 4.75. The van der Waals surface area contributed by atoms with Gasteiger partial charge in [0.1, 0.15) is 5.75 Å². The van der Waals surface area contributed by atoms with Gasteiger partial charge in [-0.1, -0.05) is 53.5 Å². The molecule has 0 spiro atoms. The van der Waals surface area contributed by atoms with Gasteiger partial charge in [-0.2, -0.15) is 0 Å². The number of hydrogen-bond donors (Lipinski definition) is 0. The summed E-state index contributed by atoms with van der Waals surface area (Å²) in [5.74, 6) is 1.51. The summed E-state index contributed by atoms with van der Waals surface area (Å²) < 4.78 is 8.20. The molecule has 0 fully saturated rings. The van der Waals surface area contributed by atoms with E-state index in [-0.39, 0.29) is 0 Å². The van der Waals surface area contributed by atoms with Crippen LogP contribution in [0.2, 0.25) is 0 Å². The highest BCUT2D eigenvalue weighted by Crippen LogP contribution is 2.46. The van der Waals surface area contributed by atoms with E-state index in [1.54, 1.807) is 0 Å². The summed E-state index contributed by atoms with van der Waals surface area (Å²) in [4.78, 5) is 0. The van der Waals surface area contributed by atoms with Crippen molar-refractivity contribution in [2.45, 2.75) is 25.7 Å². The number of ether oxygens (including phenoxy) is 1. The van der Waals surface area contributed by atoms with Gasteiger partial charge in [-0.15, -0.1) is 0 Å². The number of anilines is 1. The van der Waals surface area contributed by atoms with Crippen LogP contribution in [0.4, 0.5) is 5.69 Å². The predicted molar refractivity (Wildman–Crippen MR) is 97.2 cm³/mol. The van der Waals surface area contributed by atoms with E-state index in [0.29, 0.717) is 5.92 Å². The Balaban J connectivity index is 2.12. The van der Waals surface area contributed by atoms with Crippen molar-refractivity contribution in [3.8, 4) is 5.75 Å². The van der Waals surface area contributed by atoms with Gasteiger partial charge in [0.15, 0.2) is 0 Å². The highest BCUT2D eigenvalue weighted by atomic mass is 79.9. The third kappa shape index (κ3) is 2.80. The first-order valence-corrected chi connectivity index (χ1v) is 9.27. The average Bonchev–Trinajstić information content (AvgIpc) is 2.84. The molecule has 21 heavy (non-hydrogen) atoms. The molecule has 2 nitrogen and oxygen atoms in total. The molecule has 1 heterocycles. The first-order valence-electron chi connectivity index (χ1n) is 7.44. The van der Waals surface area contributed by atoms with Gasteiger partial charge >= 0.3 is 0 Å². The van der Waals surface area contributed by atoms with E-state index in [1.165, 1.54) is 22.0 Å². The SMILES string of the molecule is CCCCOc1cc2c(c3ccccc13)[C@H](CBr)CN2Br. The Labute approximate surface area is 142 Å². The predicted octanol–water partition coefficient (Wildman–Crippen LogP) is 5.63. The number of hydrogen-bond acceptors (Lipinski definition) is 2. The molecule has 0 amide bonds. The molecule has 1 atom stereocenters. The van der Waals surface area contributed by atoms with Crippen molar-refractivity contribution in [2.75, 3.05) is 22.4 Å². The third-order valence-electron chi connectivity index (χ3n) is 4.02. The van der Waals surface area contributed by atoms with Crippen LogP contribution in [0.1, 0.15) is 31.2 Å². The highest BCUT2D eigenvalue weighted by molar-refractivity contribution is 9.10. The van der Waals surface area contributed by atoms with Crippen molar-refractivity contribution in [3.05, 3.63) is 35.9 Å². The second-order valence-corrected chi connectivity index (χ2v) is 6.95. The molecule has 0 aromatic heterocycles. The monoisotopic (exact) mass is 411 g/mol. The molecule has 1 aliphatic heterocycles. The Morgan fingerprint density at radius 3 is 2.76 bits per heavy atom. The van der Waals surface area contributed by atoms with Crippen molar-refractivity contribution >= 4 is 48.5 Å². The fraction of sp³-hybridized carbons (Fsp3) is 0.412. The van der Waals surface area contributed by atoms with Crippen LogP contribution in [0.5, 0.6) is 5.75 Å². The van der Waals surface area contributed by atoms with Gasteiger partial charge in [0.25, 0.3) is 0 Å². The summed E-state index contributed by atoms with van der Waals surface area (Å²) in [7, 11) is 0. The second kappa shape index (κ2) is 6.57. The number of fused-ring (bicyclic) bond motifs is 3. The van der Waals surface area contributed by atoms with Gasteiger partial charge in [-0.3, -0.25) is 0 Å². The smallest absolute Gasteiger partial charge is 0.129 e. The first kappa shape index (κ1) is 15.2. The number of unbranched alkanes of at least 4 members (excludes halogenated alkanes) is 1. The van der Waals surface area contributed by atoms with E-state index in [0.717, 1.165) is 37.1 Å². The van der Waals surface area contributed by atoms with Crippen LogP contribution in [0.25, 0.3) is 10.8 Å². The molecule has 0 saturated heterocycles. The van der Waals surface area contributed by atoms with Crippen LogP contribution in [0, 0.1) is 0 Å². The van der Waals surface area contributed by atoms with Gasteiger partial charge in [-0.05, 0) is 17.4 Å². The Morgan fingerprint density at radius 2 is 2.05 bits per heavy atom. The highest BCUT2D eigenvalue weighted by Gasteiger charge is 2.30. The summed E-state index contributed by atoms with van der Waals surface area (Å²) in [6.07, 6.45) is 2.24. The Hall–Kier alpha value is -0.740. The molecule has 4 heteroatoms. The largest absolute Gasteiger partial charge is 0.493 e.